The van der Waals surface area contributed by atoms with Crippen LogP contribution in [0.25, 0.3) is 6.08 Å². The summed E-state index contributed by atoms with van der Waals surface area (Å²) >= 11 is 0. The maximum absolute atomic E-state index is 10.6. The van der Waals surface area contributed by atoms with Crippen LogP contribution in [-0.4, -0.2) is 35.2 Å². The molecular formula is C19H21N5O2. The molecule has 1 aromatic carbocycles. The molecule has 0 spiro atoms. The van der Waals surface area contributed by atoms with Crippen LogP contribution in [0, 0.1) is 0 Å². The van der Waals surface area contributed by atoms with Gasteiger partial charge in [0.2, 0.25) is 5.88 Å². The standard InChI is InChI=1S/C19H21N5O2/c1-21-12-16(5-8-20)13-22-14-17-4-3-15(7-10-25)11-18(17)26-19-6-9-23-24(19)2/h3-4,6-7,9,11-13H,1,5,8,14,20H2,2H3/b16-12-,22-13-. The predicted octanol–water partition coefficient (Wildman–Crippen LogP) is 2.56. The summed E-state index contributed by atoms with van der Waals surface area (Å²) in [5.41, 5.74) is 8.04. The van der Waals surface area contributed by atoms with Crippen molar-refractivity contribution in [3.8, 4) is 11.6 Å². The molecule has 0 radical (unpaired) electrons. The number of hydrogen-bond acceptors (Lipinski definition) is 6. The number of benzene rings is 1. The summed E-state index contributed by atoms with van der Waals surface area (Å²) in [5.74, 6) is 2.96. The minimum Gasteiger partial charge on any atom is -0.439 e. The molecule has 26 heavy (non-hydrogen) atoms. The molecule has 0 aliphatic heterocycles. The molecular weight excluding hydrogens is 330 g/mol. The number of aryl methyl sites for hydroxylation is 1. The van der Waals surface area contributed by atoms with E-state index >= 15 is 0 Å². The Labute approximate surface area is 152 Å². The van der Waals surface area contributed by atoms with Gasteiger partial charge in [0.1, 0.15) is 11.7 Å². The van der Waals surface area contributed by atoms with E-state index in [1.807, 2.05) is 12.1 Å². The number of ether oxygens (including phenoxy) is 1. The second-order valence-corrected chi connectivity index (χ2v) is 5.42. The molecule has 0 amide bonds. The Hall–Kier alpha value is -3.28. The summed E-state index contributed by atoms with van der Waals surface area (Å²) in [4.78, 5) is 18.8. The number of nitrogens with two attached hydrogens (primary N) is 1. The molecule has 0 aliphatic carbocycles. The molecule has 7 nitrogen and oxygen atoms in total. The monoisotopic (exact) mass is 351 g/mol. The van der Waals surface area contributed by atoms with Crippen molar-refractivity contribution >= 4 is 24.9 Å². The van der Waals surface area contributed by atoms with Crippen LogP contribution in [-0.2, 0) is 18.4 Å². The highest BCUT2D eigenvalue weighted by molar-refractivity contribution is 5.78. The van der Waals surface area contributed by atoms with E-state index in [1.54, 1.807) is 48.4 Å². The van der Waals surface area contributed by atoms with Crippen LogP contribution in [0.5, 0.6) is 11.6 Å². The first-order valence-electron chi connectivity index (χ1n) is 8.02. The van der Waals surface area contributed by atoms with Gasteiger partial charge in [0.25, 0.3) is 0 Å². The van der Waals surface area contributed by atoms with Gasteiger partial charge in [-0.3, -0.25) is 9.98 Å². The van der Waals surface area contributed by atoms with Crippen LogP contribution >= 0.6 is 0 Å². The van der Waals surface area contributed by atoms with E-state index in [9.17, 15) is 4.79 Å². The van der Waals surface area contributed by atoms with Gasteiger partial charge in [-0.05, 0) is 36.9 Å². The van der Waals surface area contributed by atoms with Crippen LogP contribution in [0.2, 0.25) is 0 Å². The first-order valence-corrected chi connectivity index (χ1v) is 8.02. The first kappa shape index (κ1) is 19.1. The van der Waals surface area contributed by atoms with Crippen molar-refractivity contribution in [3.05, 3.63) is 53.4 Å². The fourth-order valence-corrected chi connectivity index (χ4v) is 2.24. The van der Waals surface area contributed by atoms with Crippen molar-refractivity contribution in [2.75, 3.05) is 6.54 Å². The lowest BCUT2D eigenvalue weighted by atomic mass is 10.1. The largest absolute Gasteiger partial charge is 0.439 e. The van der Waals surface area contributed by atoms with Gasteiger partial charge in [0, 0.05) is 37.2 Å². The third-order valence-corrected chi connectivity index (χ3v) is 3.52. The van der Waals surface area contributed by atoms with Crippen LogP contribution in [0.1, 0.15) is 17.5 Å². The molecule has 134 valence electrons. The van der Waals surface area contributed by atoms with Crippen molar-refractivity contribution in [3.63, 3.8) is 0 Å². The summed E-state index contributed by atoms with van der Waals surface area (Å²) in [6, 6.07) is 7.20. The Bertz CT molecular complexity index is 861. The predicted molar refractivity (Wildman–Crippen MR) is 103 cm³/mol. The minimum absolute atomic E-state index is 0.400. The van der Waals surface area contributed by atoms with E-state index in [0.29, 0.717) is 36.7 Å². The fraction of sp³-hybridized carbons (Fsp3) is 0.211. The lowest BCUT2D eigenvalue weighted by Crippen LogP contribution is -2.01. The number of carbonyl (C=O) groups excluding carboxylic acids is 1. The van der Waals surface area contributed by atoms with E-state index in [-0.39, 0.29) is 0 Å². The van der Waals surface area contributed by atoms with Crippen molar-refractivity contribution < 1.29 is 9.53 Å². The quantitative estimate of drug-likeness (QED) is 0.555. The van der Waals surface area contributed by atoms with Gasteiger partial charge in [0.15, 0.2) is 0 Å². The van der Waals surface area contributed by atoms with Gasteiger partial charge in [-0.15, -0.1) is 0 Å². The van der Waals surface area contributed by atoms with Gasteiger partial charge in [-0.25, -0.2) is 9.48 Å². The van der Waals surface area contributed by atoms with Crippen LogP contribution in [0.15, 0.2) is 52.2 Å². The molecule has 7 heteroatoms. The SMILES string of the molecule is C=N/C=C(\C=N/Cc1ccc(C=C=O)cc1Oc1ccnn1C)CCN. The topological polar surface area (TPSA) is 94.9 Å². The third kappa shape index (κ3) is 5.37. The van der Waals surface area contributed by atoms with Gasteiger partial charge in [-0.1, -0.05) is 12.1 Å². The van der Waals surface area contributed by atoms with Crippen LogP contribution in [0.3, 0.4) is 0 Å². The average molecular weight is 351 g/mol. The highest BCUT2D eigenvalue weighted by atomic mass is 16.5. The van der Waals surface area contributed by atoms with Crippen LogP contribution < -0.4 is 10.5 Å². The maximum Gasteiger partial charge on any atom is 0.217 e. The number of nitrogens with zero attached hydrogens (tertiary/aromatic N) is 4. The molecule has 0 saturated carbocycles. The first-order chi connectivity index (χ1) is 12.7. The number of hydrogen-bond donors (Lipinski definition) is 1. The molecule has 0 saturated heterocycles. The zero-order chi connectivity index (χ0) is 18.8. The molecule has 1 heterocycles. The smallest absolute Gasteiger partial charge is 0.217 e. The van der Waals surface area contributed by atoms with Crippen LogP contribution in [0.4, 0.5) is 0 Å². The Morgan fingerprint density at radius 1 is 1.46 bits per heavy atom. The normalized spacial score (nSPS) is 11.4. The van der Waals surface area contributed by atoms with Gasteiger partial charge in [-0.2, -0.15) is 5.10 Å². The van der Waals surface area contributed by atoms with Gasteiger partial charge < -0.3 is 10.5 Å². The summed E-state index contributed by atoms with van der Waals surface area (Å²) in [5, 5.41) is 4.08. The molecule has 0 aliphatic rings. The number of rotatable bonds is 9. The molecule has 0 fully saturated rings. The van der Waals surface area contributed by atoms with E-state index in [0.717, 1.165) is 11.1 Å². The van der Waals surface area contributed by atoms with Crippen molar-refractivity contribution in [2.45, 2.75) is 13.0 Å². The molecule has 1 aromatic heterocycles. The van der Waals surface area contributed by atoms with E-state index in [1.165, 1.54) is 6.08 Å². The molecule has 2 aromatic rings. The third-order valence-electron chi connectivity index (χ3n) is 3.52. The Morgan fingerprint density at radius 3 is 2.96 bits per heavy atom. The second kappa shape index (κ2) is 9.88. The highest BCUT2D eigenvalue weighted by Crippen LogP contribution is 2.27. The lowest BCUT2D eigenvalue weighted by molar-refractivity contribution is 0.426. The molecule has 0 atom stereocenters. The van der Waals surface area contributed by atoms with Crippen molar-refractivity contribution in [1.29, 1.82) is 0 Å². The molecule has 0 bridgehead atoms. The fourth-order valence-electron chi connectivity index (χ4n) is 2.24. The Morgan fingerprint density at radius 2 is 2.31 bits per heavy atom. The second-order valence-electron chi connectivity index (χ2n) is 5.42. The zero-order valence-corrected chi connectivity index (χ0v) is 14.6. The summed E-state index contributed by atoms with van der Waals surface area (Å²) in [6.45, 7) is 4.36. The van der Waals surface area contributed by atoms with Gasteiger partial charge in [0.05, 0.1) is 12.7 Å². The summed E-state index contributed by atoms with van der Waals surface area (Å²) in [7, 11) is 1.79. The number of aromatic nitrogens is 2. The average Bonchev–Trinajstić information content (AvgIpc) is 3.02. The maximum atomic E-state index is 10.6. The van der Waals surface area contributed by atoms with Crippen molar-refractivity contribution in [2.24, 2.45) is 22.8 Å². The van der Waals surface area contributed by atoms with E-state index in [2.05, 4.69) is 21.8 Å². The lowest BCUT2D eigenvalue weighted by Gasteiger charge is -2.11. The molecule has 2 rings (SSSR count). The Kier molecular flexibility index (Phi) is 7.24. The van der Waals surface area contributed by atoms with Crippen molar-refractivity contribution in [1.82, 2.24) is 9.78 Å². The van der Waals surface area contributed by atoms with E-state index in [4.69, 9.17) is 10.5 Å². The highest BCUT2D eigenvalue weighted by Gasteiger charge is 2.08. The number of aliphatic imine (C=N–C) groups is 2. The van der Waals surface area contributed by atoms with Gasteiger partial charge >= 0.3 is 0 Å². The summed E-state index contributed by atoms with van der Waals surface area (Å²) in [6.07, 6.45) is 7.04. The van der Waals surface area contributed by atoms with E-state index < -0.39 is 0 Å². The summed E-state index contributed by atoms with van der Waals surface area (Å²) < 4.78 is 7.55. The zero-order valence-electron chi connectivity index (χ0n) is 14.6. The molecule has 2 N–H and O–H groups in total. The molecule has 0 unspecified atom stereocenters. The minimum atomic E-state index is 0.400. The Balaban J connectivity index is 2.26.